The predicted molar refractivity (Wildman–Crippen MR) is 120 cm³/mol. The molecule has 7 heteroatoms. The standard InChI is InChI=1S/C24H31N3O4/c1-24(2,3)31-23(29)25-20-11-7-10-19(16-20)22(28)26-21(18-8-5-4-6-9-18)17-27-12-14-30-15-13-27/h4-11,16,21H,12-15,17H2,1-3H3,(H,25,29)(H,26,28)/t21-/m1/s1. The van der Waals surface area contributed by atoms with Gasteiger partial charge in [-0.1, -0.05) is 36.4 Å². The number of anilines is 1. The first kappa shape index (κ1) is 22.8. The molecule has 1 heterocycles. The van der Waals surface area contributed by atoms with Gasteiger partial charge in [0.25, 0.3) is 5.91 Å². The van der Waals surface area contributed by atoms with Crippen LogP contribution in [0.15, 0.2) is 54.6 Å². The van der Waals surface area contributed by atoms with Gasteiger partial charge >= 0.3 is 6.09 Å². The van der Waals surface area contributed by atoms with Crippen molar-refractivity contribution >= 4 is 17.7 Å². The largest absolute Gasteiger partial charge is 0.444 e. The highest BCUT2D eigenvalue weighted by Gasteiger charge is 2.21. The average molecular weight is 426 g/mol. The SMILES string of the molecule is CC(C)(C)OC(=O)Nc1cccc(C(=O)N[C@H](CN2CCOCC2)c2ccccc2)c1. The summed E-state index contributed by atoms with van der Waals surface area (Å²) in [5.41, 5.74) is 1.43. The van der Waals surface area contributed by atoms with Gasteiger partial charge in [0.15, 0.2) is 0 Å². The number of nitrogens with zero attached hydrogens (tertiary/aromatic N) is 1. The Morgan fingerprint density at radius 1 is 1.06 bits per heavy atom. The Bertz CT molecular complexity index is 874. The van der Waals surface area contributed by atoms with Crippen molar-refractivity contribution in [1.82, 2.24) is 10.2 Å². The molecule has 0 aromatic heterocycles. The van der Waals surface area contributed by atoms with Crippen LogP contribution in [0.3, 0.4) is 0 Å². The van der Waals surface area contributed by atoms with Gasteiger partial charge in [0.1, 0.15) is 5.60 Å². The summed E-state index contributed by atoms with van der Waals surface area (Å²) in [7, 11) is 0. The zero-order chi connectivity index (χ0) is 22.3. The summed E-state index contributed by atoms with van der Waals surface area (Å²) >= 11 is 0. The van der Waals surface area contributed by atoms with E-state index in [0.29, 0.717) is 31.0 Å². The van der Waals surface area contributed by atoms with E-state index in [0.717, 1.165) is 18.7 Å². The second kappa shape index (κ2) is 10.4. The molecule has 166 valence electrons. The van der Waals surface area contributed by atoms with Gasteiger partial charge in [-0.2, -0.15) is 0 Å². The van der Waals surface area contributed by atoms with Crippen molar-refractivity contribution in [1.29, 1.82) is 0 Å². The van der Waals surface area contributed by atoms with Crippen LogP contribution in [0.1, 0.15) is 42.7 Å². The van der Waals surface area contributed by atoms with E-state index in [1.165, 1.54) is 0 Å². The maximum Gasteiger partial charge on any atom is 0.412 e. The Kier molecular flexibility index (Phi) is 7.65. The van der Waals surface area contributed by atoms with Crippen molar-refractivity contribution in [2.45, 2.75) is 32.4 Å². The van der Waals surface area contributed by atoms with E-state index in [-0.39, 0.29) is 11.9 Å². The number of benzene rings is 2. The van der Waals surface area contributed by atoms with Gasteiger partial charge < -0.3 is 14.8 Å². The van der Waals surface area contributed by atoms with Crippen molar-refractivity contribution in [3.05, 3.63) is 65.7 Å². The van der Waals surface area contributed by atoms with E-state index in [1.807, 2.05) is 30.3 Å². The lowest BCUT2D eigenvalue weighted by Crippen LogP contribution is -2.43. The van der Waals surface area contributed by atoms with Crippen LogP contribution < -0.4 is 10.6 Å². The fourth-order valence-corrected chi connectivity index (χ4v) is 3.36. The summed E-state index contributed by atoms with van der Waals surface area (Å²) in [5, 5.41) is 5.83. The summed E-state index contributed by atoms with van der Waals surface area (Å²) in [4.78, 5) is 27.4. The molecule has 0 radical (unpaired) electrons. The smallest absolute Gasteiger partial charge is 0.412 e. The predicted octanol–water partition coefficient (Wildman–Crippen LogP) is 3.84. The molecule has 0 bridgehead atoms. The molecule has 0 unspecified atom stereocenters. The molecule has 0 saturated carbocycles. The quantitative estimate of drug-likeness (QED) is 0.735. The Labute approximate surface area is 183 Å². The molecule has 1 atom stereocenters. The minimum Gasteiger partial charge on any atom is -0.444 e. The first-order valence-electron chi connectivity index (χ1n) is 10.6. The van der Waals surface area contributed by atoms with Crippen LogP contribution in [0.25, 0.3) is 0 Å². The highest BCUT2D eigenvalue weighted by molar-refractivity contribution is 5.96. The van der Waals surface area contributed by atoms with Crippen LogP contribution in [0.4, 0.5) is 10.5 Å². The molecular weight excluding hydrogens is 394 g/mol. The van der Waals surface area contributed by atoms with Gasteiger partial charge in [0.05, 0.1) is 19.3 Å². The van der Waals surface area contributed by atoms with Crippen LogP contribution in [-0.2, 0) is 9.47 Å². The molecule has 2 aromatic rings. The van der Waals surface area contributed by atoms with Crippen LogP contribution in [-0.4, -0.2) is 55.3 Å². The van der Waals surface area contributed by atoms with E-state index < -0.39 is 11.7 Å². The maximum absolute atomic E-state index is 13.0. The number of rotatable bonds is 6. The monoisotopic (exact) mass is 425 g/mol. The number of hydrogen-bond acceptors (Lipinski definition) is 5. The fraction of sp³-hybridized carbons (Fsp3) is 0.417. The molecule has 7 nitrogen and oxygen atoms in total. The number of nitrogens with one attached hydrogen (secondary N) is 2. The van der Waals surface area contributed by atoms with Crippen LogP contribution in [0.2, 0.25) is 0 Å². The Morgan fingerprint density at radius 3 is 2.45 bits per heavy atom. The summed E-state index contributed by atoms with van der Waals surface area (Å²) in [6, 6.07) is 16.6. The molecular formula is C24H31N3O4. The van der Waals surface area contributed by atoms with E-state index in [1.54, 1.807) is 45.0 Å². The second-order valence-electron chi connectivity index (χ2n) is 8.56. The van der Waals surface area contributed by atoms with Crippen molar-refractivity contribution in [2.75, 3.05) is 38.2 Å². The highest BCUT2D eigenvalue weighted by Crippen LogP contribution is 2.18. The summed E-state index contributed by atoms with van der Waals surface area (Å²) in [6.07, 6.45) is -0.556. The van der Waals surface area contributed by atoms with Crippen molar-refractivity contribution in [3.8, 4) is 0 Å². The molecule has 2 aromatic carbocycles. The van der Waals surface area contributed by atoms with Gasteiger partial charge in [0, 0.05) is 30.9 Å². The number of hydrogen-bond donors (Lipinski definition) is 2. The molecule has 0 aliphatic carbocycles. The lowest BCUT2D eigenvalue weighted by atomic mass is 10.0. The van der Waals surface area contributed by atoms with Crippen LogP contribution in [0, 0.1) is 0 Å². The van der Waals surface area contributed by atoms with Gasteiger partial charge in [-0.3, -0.25) is 15.0 Å². The number of carbonyl (C=O) groups is 2. The number of morpholine rings is 1. The van der Waals surface area contributed by atoms with Crippen LogP contribution >= 0.6 is 0 Å². The number of amides is 2. The highest BCUT2D eigenvalue weighted by atomic mass is 16.6. The van der Waals surface area contributed by atoms with Gasteiger partial charge in [-0.15, -0.1) is 0 Å². The van der Waals surface area contributed by atoms with Crippen LogP contribution in [0.5, 0.6) is 0 Å². The normalized spacial score (nSPS) is 15.7. The third-order valence-corrected chi connectivity index (χ3v) is 4.82. The first-order chi connectivity index (χ1) is 14.8. The minimum absolute atomic E-state index is 0.158. The lowest BCUT2D eigenvalue weighted by Gasteiger charge is -2.31. The average Bonchev–Trinajstić information content (AvgIpc) is 2.73. The van der Waals surface area contributed by atoms with Gasteiger partial charge in [-0.25, -0.2) is 4.79 Å². The zero-order valence-electron chi connectivity index (χ0n) is 18.4. The minimum atomic E-state index is -0.596. The van der Waals surface area contributed by atoms with E-state index in [9.17, 15) is 9.59 Å². The Morgan fingerprint density at radius 2 is 1.77 bits per heavy atom. The summed E-state index contributed by atoms with van der Waals surface area (Å²) in [5.74, 6) is -0.199. The van der Waals surface area contributed by atoms with E-state index >= 15 is 0 Å². The first-order valence-corrected chi connectivity index (χ1v) is 10.6. The summed E-state index contributed by atoms with van der Waals surface area (Å²) in [6.45, 7) is 9.19. The van der Waals surface area contributed by atoms with Gasteiger partial charge in [0.2, 0.25) is 0 Å². The fourth-order valence-electron chi connectivity index (χ4n) is 3.36. The van der Waals surface area contributed by atoms with Gasteiger partial charge in [-0.05, 0) is 44.5 Å². The summed E-state index contributed by atoms with van der Waals surface area (Å²) < 4.78 is 10.7. The third kappa shape index (κ3) is 7.38. The Hall–Kier alpha value is -2.90. The molecule has 2 N–H and O–H groups in total. The molecule has 1 fully saturated rings. The molecule has 0 spiro atoms. The Balaban J connectivity index is 1.70. The van der Waals surface area contributed by atoms with E-state index in [4.69, 9.17) is 9.47 Å². The second-order valence-corrected chi connectivity index (χ2v) is 8.56. The molecule has 31 heavy (non-hydrogen) atoms. The molecule has 1 aliphatic rings. The van der Waals surface area contributed by atoms with Crippen molar-refractivity contribution in [3.63, 3.8) is 0 Å². The maximum atomic E-state index is 13.0. The molecule has 2 amide bonds. The third-order valence-electron chi connectivity index (χ3n) is 4.82. The lowest BCUT2D eigenvalue weighted by molar-refractivity contribution is 0.0332. The molecule has 1 aliphatic heterocycles. The number of carbonyl (C=O) groups excluding carboxylic acids is 2. The molecule has 3 rings (SSSR count). The zero-order valence-corrected chi connectivity index (χ0v) is 18.4. The molecule has 1 saturated heterocycles. The van der Waals surface area contributed by atoms with Crippen molar-refractivity contribution < 1.29 is 19.1 Å². The topological polar surface area (TPSA) is 79.9 Å². The van der Waals surface area contributed by atoms with E-state index in [2.05, 4.69) is 15.5 Å². The number of ether oxygens (including phenoxy) is 2. The van der Waals surface area contributed by atoms with Crippen molar-refractivity contribution in [2.24, 2.45) is 0 Å².